The number of esters is 2. The Morgan fingerprint density at radius 1 is 0.755 bits per heavy atom. The van der Waals surface area contributed by atoms with Gasteiger partial charge in [-0.1, -0.05) is 95.3 Å². The van der Waals surface area contributed by atoms with E-state index >= 15 is 0 Å². The summed E-state index contributed by atoms with van der Waals surface area (Å²) in [6.45, 7) is 18.0. The molecule has 5 aliphatic rings. The van der Waals surface area contributed by atoms with Crippen molar-refractivity contribution in [1.82, 2.24) is 0 Å². The second-order valence-corrected chi connectivity index (χ2v) is 18.9. The van der Waals surface area contributed by atoms with Gasteiger partial charge < -0.3 is 14.2 Å². The predicted molar refractivity (Wildman–Crippen MR) is 192 cm³/mol. The van der Waals surface area contributed by atoms with Crippen LogP contribution in [0.1, 0.15) is 117 Å². The van der Waals surface area contributed by atoms with E-state index in [1.165, 1.54) is 32.1 Å². The lowest BCUT2D eigenvalue weighted by Gasteiger charge is -2.72. The van der Waals surface area contributed by atoms with Gasteiger partial charge in [0.2, 0.25) is 0 Å². The fourth-order valence-electron chi connectivity index (χ4n) is 12.9. The summed E-state index contributed by atoms with van der Waals surface area (Å²) >= 11 is 0. The Hall–Kier alpha value is -2.66. The molecule has 0 aromatic heterocycles. The van der Waals surface area contributed by atoms with E-state index in [1.807, 2.05) is 60.7 Å². The molecule has 5 heteroatoms. The number of rotatable bonds is 8. The van der Waals surface area contributed by atoms with Crippen LogP contribution in [0.5, 0.6) is 0 Å². The zero-order chi connectivity index (χ0) is 34.9. The number of benzene rings is 2. The number of carbonyl (C=O) groups is 2. The standard InChI is InChI=1S/C44H60O5/c1-39(2)22-24-44-25-23-42(6)32(36(44)37(39)49-29-44)18-19-34-41(5,26-35(45)47-27-30-14-10-8-11-15-30)33(20-21-43(34,42)7)40(3,4)38(46)48-28-31-16-12-9-13-17-31/h8-17,32-34,36-37H,18-29H2,1-7H3/t32-,33+,34-,36+,37-,41+,42-,43-,44-/m1/s1. The van der Waals surface area contributed by atoms with E-state index in [0.29, 0.717) is 29.8 Å². The lowest BCUT2D eigenvalue weighted by Crippen LogP contribution is -2.67. The molecule has 2 aromatic carbocycles. The normalized spacial score (nSPS) is 39.2. The van der Waals surface area contributed by atoms with Gasteiger partial charge in [-0.25, -0.2) is 0 Å². The molecule has 0 spiro atoms. The molecule has 0 radical (unpaired) electrons. The Labute approximate surface area is 295 Å². The van der Waals surface area contributed by atoms with Crippen molar-refractivity contribution in [3.8, 4) is 0 Å². The summed E-state index contributed by atoms with van der Waals surface area (Å²) in [7, 11) is 0. The average Bonchev–Trinajstić information content (AvgIpc) is 3.41. The molecule has 2 bridgehead atoms. The largest absolute Gasteiger partial charge is 0.461 e. The molecular formula is C44H60O5. The third kappa shape index (κ3) is 5.51. The van der Waals surface area contributed by atoms with Gasteiger partial charge >= 0.3 is 11.9 Å². The van der Waals surface area contributed by atoms with Crippen molar-refractivity contribution in [3.05, 3.63) is 71.8 Å². The highest BCUT2D eigenvalue weighted by molar-refractivity contribution is 5.77. The second-order valence-electron chi connectivity index (χ2n) is 18.9. The minimum Gasteiger partial charge on any atom is -0.461 e. The third-order valence-electron chi connectivity index (χ3n) is 15.8. The Bertz CT molecular complexity index is 1530. The fourth-order valence-corrected chi connectivity index (χ4v) is 12.9. The number of ether oxygens (including phenoxy) is 3. The monoisotopic (exact) mass is 668 g/mol. The molecule has 4 saturated carbocycles. The number of fused-ring (bicyclic) bond motifs is 3. The van der Waals surface area contributed by atoms with Crippen molar-refractivity contribution in [1.29, 1.82) is 0 Å². The van der Waals surface area contributed by atoms with E-state index in [-0.39, 0.29) is 53.2 Å². The molecule has 0 unspecified atom stereocenters. The number of hydrogen-bond acceptors (Lipinski definition) is 5. The smallest absolute Gasteiger partial charge is 0.312 e. The van der Waals surface area contributed by atoms with E-state index < -0.39 is 10.8 Å². The van der Waals surface area contributed by atoms with Crippen LogP contribution in [-0.4, -0.2) is 24.6 Å². The van der Waals surface area contributed by atoms with Crippen LogP contribution in [0.25, 0.3) is 0 Å². The zero-order valence-electron chi connectivity index (χ0n) is 31.2. The molecule has 4 aliphatic carbocycles. The average molecular weight is 669 g/mol. The molecule has 5 fully saturated rings. The summed E-state index contributed by atoms with van der Waals surface area (Å²) in [6, 6.07) is 19.9. The van der Waals surface area contributed by atoms with Crippen LogP contribution >= 0.6 is 0 Å². The van der Waals surface area contributed by atoms with E-state index in [2.05, 4.69) is 48.5 Å². The molecule has 0 amide bonds. The molecule has 49 heavy (non-hydrogen) atoms. The van der Waals surface area contributed by atoms with Crippen molar-refractivity contribution in [3.63, 3.8) is 0 Å². The van der Waals surface area contributed by atoms with Crippen LogP contribution in [0, 0.1) is 56.2 Å². The van der Waals surface area contributed by atoms with Gasteiger partial charge in [-0.3, -0.25) is 9.59 Å². The highest BCUT2D eigenvalue weighted by atomic mass is 16.5. The lowest BCUT2D eigenvalue weighted by atomic mass is 9.32. The third-order valence-corrected chi connectivity index (χ3v) is 15.8. The van der Waals surface area contributed by atoms with E-state index in [9.17, 15) is 9.59 Å². The summed E-state index contributed by atoms with van der Waals surface area (Å²) in [6.07, 6.45) is 9.87. The second kappa shape index (κ2) is 12.2. The number of hydrogen-bond donors (Lipinski definition) is 0. The predicted octanol–water partition coefficient (Wildman–Crippen LogP) is 9.96. The van der Waals surface area contributed by atoms with E-state index in [4.69, 9.17) is 14.2 Å². The molecule has 9 atom stereocenters. The molecule has 1 saturated heterocycles. The Balaban J connectivity index is 1.20. The molecular weight excluding hydrogens is 608 g/mol. The summed E-state index contributed by atoms with van der Waals surface area (Å²) < 4.78 is 18.9. The Morgan fingerprint density at radius 2 is 1.37 bits per heavy atom. The SMILES string of the molecule is CC1(C)CC[C@]23CC[C@]4(C)[C@H](CC[C@@H]5[C@@](C)(CC(=O)OCc6ccccc6)[C@H](C(C)(C)C(=O)OCc6ccccc6)CC[C@]54C)[C@H]2[C@H]1OC3. The number of carbonyl (C=O) groups excluding carboxylic acids is 2. The molecule has 1 aliphatic heterocycles. The first-order chi connectivity index (χ1) is 23.2. The summed E-state index contributed by atoms with van der Waals surface area (Å²) in [5.41, 5.74) is 1.50. The maximum absolute atomic E-state index is 14.1. The first-order valence-corrected chi connectivity index (χ1v) is 19.2. The highest BCUT2D eigenvalue weighted by Crippen LogP contribution is 2.77. The van der Waals surface area contributed by atoms with Crippen molar-refractivity contribution in [2.75, 3.05) is 6.61 Å². The molecule has 2 aromatic rings. The molecule has 5 nitrogen and oxygen atoms in total. The van der Waals surface area contributed by atoms with Crippen molar-refractivity contribution in [2.24, 2.45) is 56.2 Å². The topological polar surface area (TPSA) is 61.8 Å². The first kappa shape index (κ1) is 34.8. The Morgan fingerprint density at radius 3 is 2.02 bits per heavy atom. The van der Waals surface area contributed by atoms with Gasteiger partial charge in [0, 0.05) is 0 Å². The fraction of sp³-hybridized carbons (Fsp3) is 0.682. The summed E-state index contributed by atoms with van der Waals surface area (Å²) in [5.74, 6) is 1.15. The maximum Gasteiger partial charge on any atom is 0.312 e. The maximum atomic E-state index is 14.1. The van der Waals surface area contributed by atoms with Crippen LogP contribution in [0.2, 0.25) is 0 Å². The Kier molecular flexibility index (Phi) is 8.69. The van der Waals surface area contributed by atoms with Crippen molar-refractivity contribution >= 4 is 11.9 Å². The van der Waals surface area contributed by atoms with Gasteiger partial charge in [-0.05, 0) is 127 Å². The van der Waals surface area contributed by atoms with Crippen molar-refractivity contribution < 1.29 is 23.8 Å². The van der Waals surface area contributed by atoms with Crippen LogP contribution in [0.3, 0.4) is 0 Å². The van der Waals surface area contributed by atoms with E-state index in [1.54, 1.807) is 0 Å². The molecule has 0 N–H and O–H groups in total. The summed E-state index contributed by atoms with van der Waals surface area (Å²) in [5, 5.41) is 0. The van der Waals surface area contributed by atoms with Gasteiger partial charge in [0.25, 0.3) is 0 Å². The van der Waals surface area contributed by atoms with Crippen LogP contribution in [-0.2, 0) is 37.0 Å². The summed E-state index contributed by atoms with van der Waals surface area (Å²) in [4.78, 5) is 28.1. The molecule has 266 valence electrons. The minimum atomic E-state index is -0.765. The van der Waals surface area contributed by atoms with Crippen LogP contribution in [0.4, 0.5) is 0 Å². The van der Waals surface area contributed by atoms with Crippen LogP contribution in [0.15, 0.2) is 60.7 Å². The van der Waals surface area contributed by atoms with Gasteiger partial charge in [0.1, 0.15) is 13.2 Å². The van der Waals surface area contributed by atoms with Crippen LogP contribution < -0.4 is 0 Å². The van der Waals surface area contributed by atoms with E-state index in [0.717, 1.165) is 37.0 Å². The van der Waals surface area contributed by atoms with Gasteiger partial charge in [-0.2, -0.15) is 0 Å². The quantitative estimate of drug-likeness (QED) is 0.262. The van der Waals surface area contributed by atoms with Crippen molar-refractivity contribution in [2.45, 2.75) is 126 Å². The zero-order valence-corrected chi connectivity index (χ0v) is 31.2. The highest BCUT2D eigenvalue weighted by Gasteiger charge is 2.72. The molecule has 7 rings (SSSR count). The first-order valence-electron chi connectivity index (χ1n) is 19.2. The lowest BCUT2D eigenvalue weighted by molar-refractivity contribution is -0.239. The van der Waals surface area contributed by atoms with Gasteiger partial charge in [0.05, 0.1) is 24.5 Å². The molecule has 1 heterocycles. The van der Waals surface area contributed by atoms with Gasteiger partial charge in [0.15, 0.2) is 0 Å². The minimum absolute atomic E-state index is 0.0196. The van der Waals surface area contributed by atoms with Gasteiger partial charge in [-0.15, -0.1) is 0 Å².